The van der Waals surface area contributed by atoms with E-state index in [-0.39, 0.29) is 0 Å². The fourth-order valence-electron chi connectivity index (χ4n) is 1.11. The van der Waals surface area contributed by atoms with Crippen LogP contribution in [0.3, 0.4) is 0 Å². The van der Waals surface area contributed by atoms with Crippen LogP contribution >= 0.6 is 0 Å². The number of anilines is 1. The summed E-state index contributed by atoms with van der Waals surface area (Å²) in [5.41, 5.74) is 6.79. The highest BCUT2D eigenvalue weighted by Crippen LogP contribution is 2.22. The van der Waals surface area contributed by atoms with E-state index in [0.717, 1.165) is 6.42 Å². The normalized spacial score (nSPS) is 9.60. The number of methoxy groups -OCH3 is 1. The fourth-order valence-corrected chi connectivity index (χ4v) is 1.11. The summed E-state index contributed by atoms with van der Waals surface area (Å²) in [5.74, 6) is 0.560. The predicted octanol–water partition coefficient (Wildman–Crippen LogP) is 1.56. The number of rotatable bonds is 5. The van der Waals surface area contributed by atoms with E-state index in [1.54, 1.807) is 25.3 Å². The molecule has 0 saturated heterocycles. The number of nitriles is 1. The Morgan fingerprint density at radius 2 is 2.20 bits per heavy atom. The minimum atomic E-state index is 0.535. The molecule has 0 aliphatic heterocycles. The summed E-state index contributed by atoms with van der Waals surface area (Å²) in [5, 5.41) is 8.70. The lowest BCUT2D eigenvalue weighted by Gasteiger charge is -2.08. The Kier molecular flexibility index (Phi) is 4.45. The zero-order valence-electron chi connectivity index (χ0n) is 8.69. The van der Waals surface area contributed by atoms with Gasteiger partial charge in [0.15, 0.2) is 0 Å². The van der Waals surface area contributed by atoms with E-state index < -0.39 is 0 Å². The van der Waals surface area contributed by atoms with Crippen molar-refractivity contribution in [2.45, 2.75) is 6.42 Å². The summed E-state index contributed by atoms with van der Waals surface area (Å²) in [7, 11) is 1.64. The second kappa shape index (κ2) is 5.89. The highest BCUT2D eigenvalue weighted by molar-refractivity contribution is 5.55. The maximum atomic E-state index is 8.70. The van der Waals surface area contributed by atoms with Crippen molar-refractivity contribution in [2.24, 2.45) is 0 Å². The second-order valence-electron chi connectivity index (χ2n) is 3.06. The number of hydrogen-bond acceptors (Lipinski definition) is 4. The number of nitrogens with zero attached hydrogens (tertiary/aromatic N) is 1. The van der Waals surface area contributed by atoms with Crippen LogP contribution in [0, 0.1) is 11.3 Å². The van der Waals surface area contributed by atoms with Crippen LogP contribution in [0.1, 0.15) is 12.0 Å². The predicted molar refractivity (Wildman–Crippen MR) is 57.6 cm³/mol. The molecule has 0 aliphatic carbocycles. The van der Waals surface area contributed by atoms with Crippen molar-refractivity contribution >= 4 is 5.69 Å². The van der Waals surface area contributed by atoms with Gasteiger partial charge in [0.2, 0.25) is 0 Å². The molecule has 0 saturated carbocycles. The molecule has 0 unspecified atom stereocenters. The van der Waals surface area contributed by atoms with Crippen LogP contribution in [0.15, 0.2) is 18.2 Å². The number of nitrogen functional groups attached to an aromatic ring is 1. The first-order valence-corrected chi connectivity index (χ1v) is 4.69. The van der Waals surface area contributed by atoms with E-state index in [2.05, 4.69) is 0 Å². The maximum Gasteiger partial charge on any atom is 0.143 e. The van der Waals surface area contributed by atoms with E-state index in [9.17, 15) is 0 Å². The van der Waals surface area contributed by atoms with Gasteiger partial charge in [-0.1, -0.05) is 0 Å². The van der Waals surface area contributed by atoms with Crippen molar-refractivity contribution in [1.82, 2.24) is 0 Å². The van der Waals surface area contributed by atoms with Crippen LogP contribution in [-0.2, 0) is 4.74 Å². The Morgan fingerprint density at radius 1 is 1.40 bits per heavy atom. The van der Waals surface area contributed by atoms with Crippen LogP contribution in [0.25, 0.3) is 0 Å². The van der Waals surface area contributed by atoms with Crippen molar-refractivity contribution in [3.8, 4) is 11.8 Å². The molecule has 0 bridgehead atoms. The third kappa shape index (κ3) is 3.49. The third-order valence-corrected chi connectivity index (χ3v) is 1.89. The molecule has 15 heavy (non-hydrogen) atoms. The van der Waals surface area contributed by atoms with Crippen LogP contribution < -0.4 is 10.5 Å². The van der Waals surface area contributed by atoms with Gasteiger partial charge in [-0.2, -0.15) is 5.26 Å². The molecule has 2 N–H and O–H groups in total. The van der Waals surface area contributed by atoms with Gasteiger partial charge < -0.3 is 15.2 Å². The van der Waals surface area contributed by atoms with E-state index >= 15 is 0 Å². The molecule has 0 fully saturated rings. The Hall–Kier alpha value is -1.73. The first-order valence-electron chi connectivity index (χ1n) is 4.69. The summed E-state index contributed by atoms with van der Waals surface area (Å²) in [6.07, 6.45) is 0.798. The quantitative estimate of drug-likeness (QED) is 0.586. The lowest BCUT2D eigenvalue weighted by Crippen LogP contribution is -2.03. The average Bonchev–Trinajstić information content (AvgIpc) is 2.26. The Labute approximate surface area is 89.2 Å². The fraction of sp³-hybridized carbons (Fsp3) is 0.364. The van der Waals surface area contributed by atoms with Crippen LogP contribution in [-0.4, -0.2) is 20.3 Å². The first kappa shape index (κ1) is 11.3. The molecule has 0 heterocycles. The summed E-state index contributed by atoms with van der Waals surface area (Å²) >= 11 is 0. The molecule has 0 radical (unpaired) electrons. The molecule has 0 spiro atoms. The number of hydrogen-bond donors (Lipinski definition) is 1. The van der Waals surface area contributed by atoms with Gasteiger partial charge in [0.25, 0.3) is 0 Å². The van der Waals surface area contributed by atoms with Crippen molar-refractivity contribution < 1.29 is 9.47 Å². The summed E-state index contributed by atoms with van der Waals surface area (Å²) < 4.78 is 10.3. The molecule has 0 aliphatic rings. The number of ether oxygens (including phenoxy) is 2. The Bertz CT molecular complexity index is 358. The number of benzene rings is 1. The lowest BCUT2D eigenvalue weighted by atomic mass is 10.2. The Balaban J connectivity index is 2.56. The van der Waals surface area contributed by atoms with Gasteiger partial charge in [0, 0.05) is 26.2 Å². The topological polar surface area (TPSA) is 68.3 Å². The molecular formula is C11H14N2O2. The van der Waals surface area contributed by atoms with Crippen LogP contribution in [0.2, 0.25) is 0 Å². The van der Waals surface area contributed by atoms with Gasteiger partial charge in [0.1, 0.15) is 5.75 Å². The van der Waals surface area contributed by atoms with Gasteiger partial charge in [-0.05, 0) is 12.1 Å². The van der Waals surface area contributed by atoms with E-state index in [4.69, 9.17) is 20.5 Å². The van der Waals surface area contributed by atoms with Crippen molar-refractivity contribution in [2.75, 3.05) is 26.1 Å². The maximum absolute atomic E-state index is 8.70. The summed E-state index contributed by atoms with van der Waals surface area (Å²) in [6.45, 7) is 1.19. The molecule has 0 amide bonds. The van der Waals surface area contributed by atoms with Crippen LogP contribution in [0.4, 0.5) is 5.69 Å². The van der Waals surface area contributed by atoms with Crippen molar-refractivity contribution in [3.05, 3.63) is 23.8 Å². The van der Waals surface area contributed by atoms with E-state index in [0.29, 0.717) is 30.2 Å². The SMILES string of the molecule is COCCCOc1cc(C#N)ccc1N. The van der Waals surface area contributed by atoms with Gasteiger partial charge in [-0.15, -0.1) is 0 Å². The van der Waals surface area contributed by atoms with E-state index in [1.165, 1.54) is 0 Å². The molecular weight excluding hydrogens is 192 g/mol. The minimum absolute atomic E-state index is 0.535. The molecule has 1 aromatic rings. The summed E-state index contributed by atoms with van der Waals surface area (Å²) in [4.78, 5) is 0. The van der Waals surface area contributed by atoms with Crippen molar-refractivity contribution in [1.29, 1.82) is 5.26 Å². The average molecular weight is 206 g/mol. The molecule has 1 aromatic carbocycles. The smallest absolute Gasteiger partial charge is 0.143 e. The number of nitrogens with two attached hydrogens (primary N) is 1. The van der Waals surface area contributed by atoms with Gasteiger partial charge >= 0.3 is 0 Å². The van der Waals surface area contributed by atoms with Crippen LogP contribution in [0.5, 0.6) is 5.75 Å². The molecule has 4 nitrogen and oxygen atoms in total. The highest BCUT2D eigenvalue weighted by Gasteiger charge is 2.01. The van der Waals surface area contributed by atoms with Crippen molar-refractivity contribution in [3.63, 3.8) is 0 Å². The minimum Gasteiger partial charge on any atom is -0.491 e. The lowest BCUT2D eigenvalue weighted by molar-refractivity contribution is 0.172. The second-order valence-corrected chi connectivity index (χ2v) is 3.06. The zero-order valence-corrected chi connectivity index (χ0v) is 8.69. The summed E-state index contributed by atoms with van der Waals surface area (Å²) in [6, 6.07) is 7.01. The first-order chi connectivity index (χ1) is 7.27. The zero-order chi connectivity index (χ0) is 11.1. The molecule has 0 atom stereocenters. The van der Waals surface area contributed by atoms with Gasteiger partial charge in [-0.25, -0.2) is 0 Å². The third-order valence-electron chi connectivity index (χ3n) is 1.89. The highest BCUT2D eigenvalue weighted by atomic mass is 16.5. The Morgan fingerprint density at radius 3 is 2.87 bits per heavy atom. The van der Waals surface area contributed by atoms with Gasteiger partial charge in [0.05, 0.1) is 23.9 Å². The standard InChI is InChI=1S/C11H14N2O2/c1-14-5-2-6-15-11-7-9(8-12)3-4-10(11)13/h3-4,7H,2,5-6,13H2,1H3. The largest absolute Gasteiger partial charge is 0.491 e. The molecule has 1 rings (SSSR count). The molecule has 0 aromatic heterocycles. The monoisotopic (exact) mass is 206 g/mol. The van der Waals surface area contributed by atoms with E-state index in [1.807, 2.05) is 6.07 Å². The molecule has 4 heteroatoms. The molecule has 80 valence electrons. The van der Waals surface area contributed by atoms with Gasteiger partial charge in [-0.3, -0.25) is 0 Å².